The Morgan fingerprint density at radius 3 is 2.21 bits per heavy atom. The Hall–Kier alpha value is -0.610. The van der Waals surface area contributed by atoms with Crippen LogP contribution in [0.4, 0.5) is 0 Å². The molecule has 0 amide bonds. The van der Waals surface area contributed by atoms with Gasteiger partial charge in [-0.05, 0) is 45.1 Å². The van der Waals surface area contributed by atoms with Gasteiger partial charge >= 0.3 is 0 Å². The van der Waals surface area contributed by atoms with E-state index in [-0.39, 0.29) is 0 Å². The van der Waals surface area contributed by atoms with Crippen LogP contribution in [0.5, 0.6) is 0 Å². The van der Waals surface area contributed by atoms with Crippen molar-refractivity contribution in [2.45, 2.75) is 31.8 Å². The van der Waals surface area contributed by atoms with Crippen LogP contribution in [0.15, 0.2) is 5.16 Å². The molecule has 4 heteroatoms. The minimum atomic E-state index is 0.725. The highest BCUT2D eigenvalue weighted by Crippen LogP contribution is 2.16. The third-order valence-corrected chi connectivity index (χ3v) is 2.76. The van der Waals surface area contributed by atoms with Crippen molar-refractivity contribution in [3.63, 3.8) is 0 Å². The maximum absolute atomic E-state index is 5.49. The zero-order valence-corrected chi connectivity index (χ0v) is 9.82. The summed E-state index contributed by atoms with van der Waals surface area (Å²) in [6, 6.07) is 0. The molecule has 0 atom stereocenters. The van der Waals surface area contributed by atoms with Crippen molar-refractivity contribution in [1.82, 2.24) is 9.97 Å². The van der Waals surface area contributed by atoms with Crippen LogP contribution in [0.2, 0.25) is 0 Å². The van der Waals surface area contributed by atoms with Gasteiger partial charge in [0.15, 0.2) is 5.16 Å². The van der Waals surface area contributed by atoms with Gasteiger partial charge in [0.05, 0.1) is 0 Å². The van der Waals surface area contributed by atoms with Gasteiger partial charge in [0.25, 0.3) is 0 Å². The predicted molar refractivity (Wildman–Crippen MR) is 60.7 cm³/mol. The molecule has 1 rings (SSSR count). The lowest BCUT2D eigenvalue weighted by atomic mass is 10.1. The van der Waals surface area contributed by atoms with Gasteiger partial charge in [0.1, 0.15) is 0 Å². The van der Waals surface area contributed by atoms with Gasteiger partial charge in [0.2, 0.25) is 0 Å². The molecule has 1 aromatic heterocycles. The molecule has 1 aromatic rings. The molecular formula is C10H17N3S. The topological polar surface area (TPSA) is 51.8 Å². The van der Waals surface area contributed by atoms with Crippen LogP contribution < -0.4 is 5.73 Å². The molecule has 0 unspecified atom stereocenters. The van der Waals surface area contributed by atoms with Gasteiger partial charge in [-0.1, -0.05) is 11.8 Å². The molecule has 0 saturated carbocycles. The summed E-state index contributed by atoms with van der Waals surface area (Å²) >= 11 is 1.58. The van der Waals surface area contributed by atoms with Crippen molar-refractivity contribution in [1.29, 1.82) is 0 Å². The Morgan fingerprint density at radius 1 is 1.21 bits per heavy atom. The summed E-state index contributed by atoms with van der Waals surface area (Å²) in [6.45, 7) is 4.81. The smallest absolute Gasteiger partial charge is 0.187 e. The summed E-state index contributed by atoms with van der Waals surface area (Å²) in [4.78, 5) is 8.83. The molecule has 0 spiro atoms. The number of aromatic nitrogens is 2. The lowest BCUT2D eigenvalue weighted by molar-refractivity contribution is 0.782. The first-order valence-corrected chi connectivity index (χ1v) is 5.99. The average molecular weight is 211 g/mol. The van der Waals surface area contributed by atoms with E-state index in [2.05, 4.69) is 9.97 Å². The van der Waals surface area contributed by atoms with E-state index in [1.807, 2.05) is 20.1 Å². The van der Waals surface area contributed by atoms with E-state index in [9.17, 15) is 0 Å². The second-order valence-electron chi connectivity index (χ2n) is 3.25. The third-order valence-electron chi connectivity index (χ3n) is 2.21. The third kappa shape index (κ3) is 2.69. The van der Waals surface area contributed by atoms with Crippen LogP contribution in [-0.4, -0.2) is 22.8 Å². The van der Waals surface area contributed by atoms with Crippen LogP contribution in [0.25, 0.3) is 0 Å². The van der Waals surface area contributed by atoms with Crippen molar-refractivity contribution in [2.75, 3.05) is 12.8 Å². The Balaban J connectivity index is 2.93. The average Bonchev–Trinajstić information content (AvgIpc) is 2.16. The number of nitrogens with two attached hydrogens (primary N) is 1. The molecule has 0 aliphatic heterocycles. The van der Waals surface area contributed by atoms with Gasteiger partial charge in [-0.2, -0.15) is 0 Å². The Bertz CT molecular complexity index is 289. The van der Waals surface area contributed by atoms with E-state index in [0.29, 0.717) is 0 Å². The molecule has 0 fully saturated rings. The Kier molecular flexibility index (Phi) is 4.35. The van der Waals surface area contributed by atoms with Crippen LogP contribution in [-0.2, 0) is 6.42 Å². The summed E-state index contributed by atoms with van der Waals surface area (Å²) in [5.74, 6) is 0. The summed E-state index contributed by atoms with van der Waals surface area (Å²) in [6.07, 6.45) is 3.99. The van der Waals surface area contributed by atoms with Gasteiger partial charge < -0.3 is 5.73 Å². The maximum atomic E-state index is 5.49. The molecule has 0 aliphatic rings. The predicted octanol–water partition coefficient (Wildman–Crippen LogP) is 1.71. The van der Waals surface area contributed by atoms with Gasteiger partial charge in [-0.25, -0.2) is 9.97 Å². The van der Waals surface area contributed by atoms with E-state index in [0.717, 1.165) is 35.9 Å². The molecule has 1 heterocycles. The minimum Gasteiger partial charge on any atom is -0.330 e. The maximum Gasteiger partial charge on any atom is 0.187 e. The van der Waals surface area contributed by atoms with Crippen LogP contribution in [0.1, 0.15) is 23.4 Å². The molecule has 0 radical (unpaired) electrons. The highest BCUT2D eigenvalue weighted by atomic mass is 32.2. The molecule has 0 saturated heterocycles. The van der Waals surface area contributed by atoms with Crippen molar-refractivity contribution >= 4 is 11.8 Å². The van der Waals surface area contributed by atoms with Gasteiger partial charge in [0, 0.05) is 11.4 Å². The Morgan fingerprint density at radius 2 is 1.79 bits per heavy atom. The first-order valence-electron chi connectivity index (χ1n) is 4.77. The highest BCUT2D eigenvalue weighted by molar-refractivity contribution is 7.98. The fourth-order valence-corrected chi connectivity index (χ4v) is 1.90. The molecule has 78 valence electrons. The molecule has 3 nitrogen and oxygen atoms in total. The summed E-state index contributed by atoms with van der Waals surface area (Å²) in [5.41, 5.74) is 8.93. The summed E-state index contributed by atoms with van der Waals surface area (Å²) in [5, 5.41) is 0.858. The summed E-state index contributed by atoms with van der Waals surface area (Å²) in [7, 11) is 0. The second kappa shape index (κ2) is 5.32. The standard InChI is InChI=1S/C10H17N3S/c1-7-9(5-4-6-11)8(2)13-10(12-7)14-3/h4-6,11H2,1-3H3. The summed E-state index contributed by atoms with van der Waals surface area (Å²) < 4.78 is 0. The monoisotopic (exact) mass is 211 g/mol. The fourth-order valence-electron chi connectivity index (χ4n) is 1.44. The van der Waals surface area contributed by atoms with E-state index in [1.165, 1.54) is 5.56 Å². The number of aryl methyl sites for hydroxylation is 2. The first-order chi connectivity index (χ1) is 6.69. The zero-order valence-electron chi connectivity index (χ0n) is 9.00. The van der Waals surface area contributed by atoms with Crippen molar-refractivity contribution < 1.29 is 0 Å². The lowest BCUT2D eigenvalue weighted by Gasteiger charge is -2.08. The lowest BCUT2D eigenvalue weighted by Crippen LogP contribution is -2.06. The van der Waals surface area contributed by atoms with E-state index in [4.69, 9.17) is 5.73 Å². The molecule has 0 bridgehead atoms. The van der Waals surface area contributed by atoms with E-state index in [1.54, 1.807) is 11.8 Å². The first kappa shape index (κ1) is 11.5. The number of hydrogen-bond acceptors (Lipinski definition) is 4. The van der Waals surface area contributed by atoms with Gasteiger partial charge in [-0.3, -0.25) is 0 Å². The second-order valence-corrected chi connectivity index (χ2v) is 4.03. The SMILES string of the molecule is CSc1nc(C)c(CCCN)c(C)n1. The zero-order chi connectivity index (χ0) is 10.6. The van der Waals surface area contributed by atoms with Crippen molar-refractivity contribution in [3.8, 4) is 0 Å². The van der Waals surface area contributed by atoms with Crippen LogP contribution >= 0.6 is 11.8 Å². The molecule has 2 N–H and O–H groups in total. The number of thioether (sulfide) groups is 1. The number of hydrogen-bond donors (Lipinski definition) is 1. The molecule has 0 aliphatic carbocycles. The minimum absolute atomic E-state index is 0.725. The van der Waals surface area contributed by atoms with Crippen LogP contribution in [0.3, 0.4) is 0 Å². The number of nitrogens with zero attached hydrogens (tertiary/aromatic N) is 2. The van der Waals surface area contributed by atoms with E-state index < -0.39 is 0 Å². The van der Waals surface area contributed by atoms with E-state index >= 15 is 0 Å². The highest BCUT2D eigenvalue weighted by Gasteiger charge is 2.06. The Labute approximate surface area is 89.5 Å². The van der Waals surface area contributed by atoms with Crippen molar-refractivity contribution in [3.05, 3.63) is 17.0 Å². The molecular weight excluding hydrogens is 194 g/mol. The van der Waals surface area contributed by atoms with Crippen LogP contribution in [0, 0.1) is 13.8 Å². The number of rotatable bonds is 4. The quantitative estimate of drug-likeness (QED) is 0.608. The van der Waals surface area contributed by atoms with Gasteiger partial charge in [-0.15, -0.1) is 0 Å². The van der Waals surface area contributed by atoms with Crippen molar-refractivity contribution in [2.24, 2.45) is 5.73 Å². The molecule has 0 aromatic carbocycles. The molecule has 14 heavy (non-hydrogen) atoms. The fraction of sp³-hybridized carbons (Fsp3) is 0.600. The largest absolute Gasteiger partial charge is 0.330 e. The normalized spacial score (nSPS) is 10.6.